The summed E-state index contributed by atoms with van der Waals surface area (Å²) < 4.78 is 0. The van der Waals surface area contributed by atoms with E-state index in [4.69, 9.17) is 5.11 Å². The summed E-state index contributed by atoms with van der Waals surface area (Å²) in [5, 5.41) is 12.2. The molecule has 2 amide bonds. The van der Waals surface area contributed by atoms with Gasteiger partial charge in [-0.3, -0.25) is 4.79 Å². The normalized spacial score (nSPS) is 30.9. The zero-order valence-electron chi connectivity index (χ0n) is 12.3. The van der Waals surface area contributed by atoms with Gasteiger partial charge in [0.1, 0.15) is 0 Å². The van der Waals surface area contributed by atoms with Crippen LogP contribution in [0.25, 0.3) is 0 Å². The van der Waals surface area contributed by atoms with Crippen molar-refractivity contribution in [2.75, 3.05) is 13.1 Å². The van der Waals surface area contributed by atoms with E-state index < -0.39 is 11.9 Å². The van der Waals surface area contributed by atoms with Crippen molar-refractivity contribution in [3.63, 3.8) is 0 Å². The average molecular weight is 282 g/mol. The molecule has 3 atom stereocenters. The molecule has 2 fully saturated rings. The van der Waals surface area contributed by atoms with Crippen LogP contribution in [-0.4, -0.2) is 41.1 Å². The highest BCUT2D eigenvalue weighted by Crippen LogP contribution is 2.27. The van der Waals surface area contributed by atoms with E-state index in [1.165, 1.54) is 19.3 Å². The highest BCUT2D eigenvalue weighted by Gasteiger charge is 2.31. The fourth-order valence-electron chi connectivity index (χ4n) is 3.50. The number of carbonyl (C=O) groups excluding carboxylic acids is 1. The standard InChI is InChI=1S/C15H26N2O3/c1-2-11-6-3-4-8-13(11)16-15(20)17-9-5-7-12(10-17)14(18)19/h11-13H,2-10H2,1H3,(H,16,20)(H,18,19)/t11?,12-,13?/m1/s1. The number of likely N-dealkylation sites (tertiary alicyclic amines) is 1. The summed E-state index contributed by atoms with van der Waals surface area (Å²) in [5.74, 6) is -0.609. The minimum atomic E-state index is -0.786. The molecule has 1 aliphatic carbocycles. The van der Waals surface area contributed by atoms with Crippen molar-refractivity contribution in [2.45, 2.75) is 57.9 Å². The zero-order valence-corrected chi connectivity index (χ0v) is 12.3. The molecular formula is C15H26N2O3. The Kier molecular flexibility index (Phi) is 5.26. The Morgan fingerprint density at radius 3 is 2.65 bits per heavy atom. The van der Waals surface area contributed by atoms with Crippen LogP contribution in [0.4, 0.5) is 4.79 Å². The second-order valence-corrected chi connectivity index (χ2v) is 6.13. The van der Waals surface area contributed by atoms with Crippen LogP contribution in [-0.2, 0) is 4.79 Å². The van der Waals surface area contributed by atoms with Crippen LogP contribution in [0.1, 0.15) is 51.9 Å². The van der Waals surface area contributed by atoms with Gasteiger partial charge in [0.2, 0.25) is 0 Å². The molecular weight excluding hydrogens is 256 g/mol. The number of hydrogen-bond donors (Lipinski definition) is 2. The second-order valence-electron chi connectivity index (χ2n) is 6.13. The van der Waals surface area contributed by atoms with Crippen molar-refractivity contribution < 1.29 is 14.7 Å². The number of carboxylic acids is 1. The zero-order chi connectivity index (χ0) is 14.5. The van der Waals surface area contributed by atoms with Crippen molar-refractivity contribution in [1.82, 2.24) is 10.2 Å². The number of amides is 2. The largest absolute Gasteiger partial charge is 0.481 e. The molecule has 0 spiro atoms. The Balaban J connectivity index is 1.88. The molecule has 1 saturated carbocycles. The maximum Gasteiger partial charge on any atom is 0.317 e. The van der Waals surface area contributed by atoms with Gasteiger partial charge in [0, 0.05) is 19.1 Å². The summed E-state index contributed by atoms with van der Waals surface area (Å²) in [4.78, 5) is 25.1. The third-order valence-corrected chi connectivity index (χ3v) is 4.80. The lowest BCUT2D eigenvalue weighted by atomic mass is 9.83. The molecule has 1 heterocycles. The van der Waals surface area contributed by atoms with E-state index in [-0.39, 0.29) is 12.1 Å². The Morgan fingerprint density at radius 1 is 1.20 bits per heavy atom. The maximum atomic E-state index is 12.3. The molecule has 0 aromatic rings. The molecule has 1 saturated heterocycles. The summed E-state index contributed by atoms with van der Waals surface area (Å²) in [6.45, 7) is 3.21. The fraction of sp³-hybridized carbons (Fsp3) is 0.867. The van der Waals surface area contributed by atoms with E-state index in [0.29, 0.717) is 25.4 Å². The third-order valence-electron chi connectivity index (χ3n) is 4.80. The number of rotatable bonds is 3. The van der Waals surface area contributed by atoms with Crippen LogP contribution in [0.3, 0.4) is 0 Å². The first-order valence-electron chi connectivity index (χ1n) is 7.90. The number of carbonyl (C=O) groups is 2. The molecule has 5 nitrogen and oxygen atoms in total. The predicted octanol–water partition coefficient (Wildman–Crippen LogP) is 2.46. The van der Waals surface area contributed by atoms with Crippen LogP contribution < -0.4 is 5.32 Å². The van der Waals surface area contributed by atoms with Crippen molar-refractivity contribution in [3.05, 3.63) is 0 Å². The molecule has 2 N–H and O–H groups in total. The summed E-state index contributed by atoms with van der Waals surface area (Å²) >= 11 is 0. The van der Waals surface area contributed by atoms with Gasteiger partial charge in [-0.2, -0.15) is 0 Å². The average Bonchev–Trinajstić information content (AvgIpc) is 2.48. The van der Waals surface area contributed by atoms with Gasteiger partial charge in [-0.05, 0) is 31.6 Å². The van der Waals surface area contributed by atoms with Crippen molar-refractivity contribution in [2.24, 2.45) is 11.8 Å². The number of nitrogens with zero attached hydrogens (tertiary/aromatic N) is 1. The maximum absolute atomic E-state index is 12.3. The van der Waals surface area contributed by atoms with Crippen molar-refractivity contribution in [3.8, 4) is 0 Å². The van der Waals surface area contributed by atoms with Crippen molar-refractivity contribution in [1.29, 1.82) is 0 Å². The lowest BCUT2D eigenvalue weighted by Crippen LogP contribution is -2.51. The van der Waals surface area contributed by atoms with Gasteiger partial charge in [0.15, 0.2) is 0 Å². The number of aliphatic carboxylic acids is 1. The summed E-state index contributed by atoms with van der Waals surface area (Å²) in [6, 6.07) is 0.202. The first-order valence-corrected chi connectivity index (χ1v) is 7.90. The van der Waals surface area contributed by atoms with E-state index in [1.54, 1.807) is 4.90 Å². The van der Waals surface area contributed by atoms with Gasteiger partial charge in [-0.25, -0.2) is 4.79 Å². The molecule has 2 aliphatic rings. The van der Waals surface area contributed by atoms with Gasteiger partial charge in [0.25, 0.3) is 0 Å². The summed E-state index contributed by atoms with van der Waals surface area (Å²) in [5.41, 5.74) is 0. The first kappa shape index (κ1) is 15.1. The van der Waals surface area contributed by atoms with E-state index >= 15 is 0 Å². The van der Waals surface area contributed by atoms with Crippen LogP contribution in [0.15, 0.2) is 0 Å². The number of urea groups is 1. The van der Waals surface area contributed by atoms with Gasteiger partial charge in [-0.15, -0.1) is 0 Å². The van der Waals surface area contributed by atoms with E-state index in [9.17, 15) is 9.59 Å². The first-order chi connectivity index (χ1) is 9.61. The molecule has 0 bridgehead atoms. The Bertz CT molecular complexity index is 359. The number of nitrogens with one attached hydrogen (secondary N) is 1. The number of carboxylic acid groups (broad SMARTS) is 1. The van der Waals surface area contributed by atoms with Crippen molar-refractivity contribution >= 4 is 12.0 Å². The molecule has 0 aromatic heterocycles. The molecule has 5 heteroatoms. The number of hydrogen-bond acceptors (Lipinski definition) is 2. The molecule has 1 aliphatic heterocycles. The SMILES string of the molecule is CCC1CCCCC1NC(=O)N1CCC[C@@H](C(=O)O)C1. The lowest BCUT2D eigenvalue weighted by molar-refractivity contribution is -0.143. The van der Waals surface area contributed by atoms with Gasteiger partial charge in [0.05, 0.1) is 5.92 Å². The molecule has 2 rings (SSSR count). The Morgan fingerprint density at radius 2 is 1.95 bits per heavy atom. The summed E-state index contributed by atoms with van der Waals surface area (Å²) in [6.07, 6.45) is 7.25. The van der Waals surface area contributed by atoms with E-state index in [0.717, 1.165) is 19.3 Å². The second kappa shape index (κ2) is 6.95. The molecule has 0 aromatic carbocycles. The molecule has 20 heavy (non-hydrogen) atoms. The summed E-state index contributed by atoms with van der Waals surface area (Å²) in [7, 11) is 0. The van der Waals surface area contributed by atoms with Gasteiger partial charge in [-0.1, -0.05) is 26.2 Å². The van der Waals surface area contributed by atoms with Crippen LogP contribution in [0.2, 0.25) is 0 Å². The van der Waals surface area contributed by atoms with E-state index in [2.05, 4.69) is 12.2 Å². The molecule has 114 valence electrons. The smallest absolute Gasteiger partial charge is 0.317 e. The highest BCUT2D eigenvalue weighted by atomic mass is 16.4. The Hall–Kier alpha value is -1.26. The Labute approximate surface area is 120 Å². The molecule has 2 unspecified atom stereocenters. The minimum absolute atomic E-state index is 0.0682. The fourth-order valence-corrected chi connectivity index (χ4v) is 3.50. The van der Waals surface area contributed by atoms with Gasteiger partial charge >= 0.3 is 12.0 Å². The minimum Gasteiger partial charge on any atom is -0.481 e. The third kappa shape index (κ3) is 3.64. The van der Waals surface area contributed by atoms with E-state index in [1.807, 2.05) is 0 Å². The van der Waals surface area contributed by atoms with Crippen LogP contribution >= 0.6 is 0 Å². The van der Waals surface area contributed by atoms with Gasteiger partial charge < -0.3 is 15.3 Å². The quantitative estimate of drug-likeness (QED) is 0.835. The highest BCUT2D eigenvalue weighted by molar-refractivity contribution is 5.76. The number of piperidine rings is 1. The molecule has 0 radical (unpaired) electrons. The van der Waals surface area contributed by atoms with Crippen LogP contribution in [0, 0.1) is 11.8 Å². The topological polar surface area (TPSA) is 69.6 Å². The predicted molar refractivity (Wildman–Crippen MR) is 76.5 cm³/mol. The monoisotopic (exact) mass is 282 g/mol. The lowest BCUT2D eigenvalue weighted by Gasteiger charge is -2.36. The van der Waals surface area contributed by atoms with Crippen LogP contribution in [0.5, 0.6) is 0 Å².